The Bertz CT molecular complexity index is 750. The van der Waals surface area contributed by atoms with E-state index in [0.717, 1.165) is 23.3 Å². The molecule has 0 atom stereocenters. The third-order valence-corrected chi connectivity index (χ3v) is 4.16. The molecule has 2 aromatic rings. The molecular weight excluding hydrogens is 348 g/mol. The van der Waals surface area contributed by atoms with E-state index in [4.69, 9.17) is 4.74 Å². The molecule has 2 rings (SSSR count). The van der Waals surface area contributed by atoms with Gasteiger partial charge in [-0.2, -0.15) is 0 Å². The van der Waals surface area contributed by atoms with Crippen LogP contribution in [0.5, 0.6) is 0 Å². The highest BCUT2D eigenvalue weighted by atomic mass is 32.2. The molecule has 0 aliphatic carbocycles. The Hall–Kier alpha value is -2.41. The van der Waals surface area contributed by atoms with E-state index in [1.807, 2.05) is 31.2 Å². The zero-order valence-corrected chi connectivity index (χ0v) is 14.4. The van der Waals surface area contributed by atoms with Gasteiger partial charge in [-0.15, -0.1) is 11.8 Å². The summed E-state index contributed by atoms with van der Waals surface area (Å²) in [6.45, 7) is 1.47. The van der Waals surface area contributed by atoms with Gasteiger partial charge >= 0.3 is 5.97 Å². The first-order valence-electron chi connectivity index (χ1n) is 7.48. The molecule has 1 N–H and O–H groups in total. The molecule has 0 spiro atoms. The average Bonchev–Trinajstić information content (AvgIpc) is 2.57. The van der Waals surface area contributed by atoms with Crippen molar-refractivity contribution in [2.24, 2.45) is 0 Å². The number of carbonyl (C=O) groups excluding carboxylic acids is 2. The first kappa shape index (κ1) is 18.9. The van der Waals surface area contributed by atoms with Gasteiger partial charge in [0, 0.05) is 11.8 Å². The molecule has 0 unspecified atom stereocenters. The lowest BCUT2D eigenvalue weighted by Gasteiger charge is -2.07. The Morgan fingerprint density at radius 3 is 2.52 bits per heavy atom. The fourth-order valence-electron chi connectivity index (χ4n) is 1.90. The fourth-order valence-corrected chi connectivity index (χ4v) is 2.68. The van der Waals surface area contributed by atoms with E-state index in [0.29, 0.717) is 11.8 Å². The van der Waals surface area contributed by atoms with Crippen LogP contribution in [0.15, 0.2) is 42.5 Å². The molecule has 2 aromatic carbocycles. The molecule has 0 radical (unpaired) electrons. The monoisotopic (exact) mass is 365 g/mol. The number of hydrogen-bond acceptors (Lipinski definition) is 4. The average molecular weight is 365 g/mol. The molecule has 0 aliphatic heterocycles. The van der Waals surface area contributed by atoms with Crippen LogP contribution in [0.4, 0.5) is 14.5 Å². The molecule has 25 heavy (non-hydrogen) atoms. The highest BCUT2D eigenvalue weighted by molar-refractivity contribution is 7.99. The third kappa shape index (κ3) is 6.54. The first-order chi connectivity index (χ1) is 11.9. The summed E-state index contributed by atoms with van der Waals surface area (Å²) in [7, 11) is 0. The summed E-state index contributed by atoms with van der Waals surface area (Å²) in [5.41, 5.74) is 2.08. The summed E-state index contributed by atoms with van der Waals surface area (Å²) in [5, 5.41) is 2.22. The molecule has 132 valence electrons. The summed E-state index contributed by atoms with van der Waals surface area (Å²) in [6, 6.07) is 10.7. The molecule has 0 aliphatic rings. The van der Waals surface area contributed by atoms with Gasteiger partial charge in [-0.1, -0.05) is 29.8 Å². The summed E-state index contributed by atoms with van der Waals surface area (Å²) in [4.78, 5) is 23.2. The van der Waals surface area contributed by atoms with Crippen LogP contribution in [0.1, 0.15) is 11.1 Å². The summed E-state index contributed by atoms with van der Waals surface area (Å²) in [5.74, 6) is -2.11. The molecule has 0 aromatic heterocycles. The second-order valence-corrected chi connectivity index (χ2v) is 6.30. The van der Waals surface area contributed by atoms with Gasteiger partial charge in [0.25, 0.3) is 5.91 Å². The van der Waals surface area contributed by atoms with Gasteiger partial charge in [-0.25, -0.2) is 8.78 Å². The third-order valence-electron chi connectivity index (χ3n) is 3.18. The molecule has 4 nitrogen and oxygen atoms in total. The van der Waals surface area contributed by atoms with E-state index in [-0.39, 0.29) is 11.4 Å². The lowest BCUT2D eigenvalue weighted by Crippen LogP contribution is -2.22. The van der Waals surface area contributed by atoms with Gasteiger partial charge in [-0.05, 0) is 24.6 Å². The van der Waals surface area contributed by atoms with Crippen molar-refractivity contribution < 1.29 is 23.1 Å². The summed E-state index contributed by atoms with van der Waals surface area (Å²) < 4.78 is 31.0. The largest absolute Gasteiger partial charge is 0.455 e. The lowest BCUT2D eigenvalue weighted by molar-refractivity contribution is -0.144. The van der Waals surface area contributed by atoms with E-state index in [2.05, 4.69) is 5.32 Å². The van der Waals surface area contributed by atoms with Crippen LogP contribution in [0.2, 0.25) is 0 Å². The van der Waals surface area contributed by atoms with Crippen molar-refractivity contribution in [3.63, 3.8) is 0 Å². The van der Waals surface area contributed by atoms with Crippen molar-refractivity contribution in [2.75, 3.05) is 17.7 Å². The molecule has 7 heteroatoms. The molecular formula is C18H17F2NO3S. The van der Waals surface area contributed by atoms with Gasteiger partial charge in [0.15, 0.2) is 6.61 Å². The quantitative estimate of drug-likeness (QED) is 0.761. The van der Waals surface area contributed by atoms with E-state index in [9.17, 15) is 18.4 Å². The number of aryl methyl sites for hydroxylation is 1. The van der Waals surface area contributed by atoms with Crippen LogP contribution in [0, 0.1) is 18.6 Å². The van der Waals surface area contributed by atoms with Crippen LogP contribution >= 0.6 is 11.8 Å². The number of rotatable bonds is 7. The van der Waals surface area contributed by atoms with Crippen LogP contribution in [0.3, 0.4) is 0 Å². The predicted octanol–water partition coefficient (Wildman–Crippen LogP) is 3.69. The smallest absolute Gasteiger partial charge is 0.316 e. The maximum atomic E-state index is 13.4. The number of anilines is 1. The lowest BCUT2D eigenvalue weighted by atomic mass is 10.2. The van der Waals surface area contributed by atoms with E-state index < -0.39 is 30.1 Å². The fraction of sp³-hybridized carbons (Fsp3) is 0.222. The number of nitrogens with one attached hydrogen (secondary N) is 1. The van der Waals surface area contributed by atoms with Crippen molar-refractivity contribution in [1.29, 1.82) is 0 Å². The maximum absolute atomic E-state index is 13.4. The minimum atomic E-state index is -0.895. The van der Waals surface area contributed by atoms with Crippen LogP contribution in [-0.4, -0.2) is 24.2 Å². The van der Waals surface area contributed by atoms with Crippen LogP contribution < -0.4 is 5.32 Å². The van der Waals surface area contributed by atoms with Crippen LogP contribution in [-0.2, 0) is 20.1 Å². The van der Waals surface area contributed by atoms with E-state index >= 15 is 0 Å². The molecule has 0 saturated heterocycles. The SMILES string of the molecule is Cc1ccc(CSCC(=O)OCC(=O)Nc2ccc(F)cc2F)cc1. The predicted molar refractivity (Wildman–Crippen MR) is 93.3 cm³/mol. The summed E-state index contributed by atoms with van der Waals surface area (Å²) >= 11 is 1.37. The second-order valence-electron chi connectivity index (χ2n) is 5.31. The zero-order valence-electron chi connectivity index (χ0n) is 13.6. The van der Waals surface area contributed by atoms with E-state index in [1.54, 1.807) is 0 Å². The Balaban J connectivity index is 1.68. The Morgan fingerprint density at radius 2 is 1.84 bits per heavy atom. The first-order valence-corrected chi connectivity index (χ1v) is 8.63. The number of carbonyl (C=O) groups is 2. The normalized spacial score (nSPS) is 10.4. The topological polar surface area (TPSA) is 55.4 Å². The minimum Gasteiger partial charge on any atom is -0.455 e. The number of hydrogen-bond donors (Lipinski definition) is 1. The number of thioether (sulfide) groups is 1. The zero-order chi connectivity index (χ0) is 18.2. The molecule has 0 heterocycles. The number of ether oxygens (including phenoxy) is 1. The van der Waals surface area contributed by atoms with Crippen molar-refractivity contribution >= 4 is 29.3 Å². The Kier molecular flexibility index (Phi) is 6.94. The van der Waals surface area contributed by atoms with Crippen molar-refractivity contribution in [1.82, 2.24) is 0 Å². The van der Waals surface area contributed by atoms with Gasteiger partial charge in [0.05, 0.1) is 11.4 Å². The van der Waals surface area contributed by atoms with Gasteiger partial charge in [-0.3, -0.25) is 9.59 Å². The standard InChI is InChI=1S/C18H17F2NO3S/c1-12-2-4-13(5-3-12)10-25-11-18(23)24-9-17(22)21-16-7-6-14(19)8-15(16)20/h2-8H,9-11H2,1H3,(H,21,22). The second kappa shape index (κ2) is 9.17. The Morgan fingerprint density at radius 1 is 1.12 bits per heavy atom. The molecule has 0 bridgehead atoms. The van der Waals surface area contributed by atoms with Gasteiger partial charge in [0.2, 0.25) is 0 Å². The summed E-state index contributed by atoms with van der Waals surface area (Å²) in [6.07, 6.45) is 0. The number of benzene rings is 2. The van der Waals surface area contributed by atoms with Crippen molar-refractivity contribution in [2.45, 2.75) is 12.7 Å². The number of amides is 1. The Labute approximate surface area is 148 Å². The molecule has 0 saturated carbocycles. The highest BCUT2D eigenvalue weighted by Gasteiger charge is 2.11. The van der Waals surface area contributed by atoms with Crippen molar-refractivity contribution in [3.05, 3.63) is 65.2 Å². The molecule has 1 amide bonds. The van der Waals surface area contributed by atoms with Gasteiger partial charge < -0.3 is 10.1 Å². The number of halogens is 2. The van der Waals surface area contributed by atoms with Crippen molar-refractivity contribution in [3.8, 4) is 0 Å². The van der Waals surface area contributed by atoms with Crippen LogP contribution in [0.25, 0.3) is 0 Å². The maximum Gasteiger partial charge on any atom is 0.316 e. The minimum absolute atomic E-state index is 0.103. The van der Waals surface area contributed by atoms with E-state index in [1.165, 1.54) is 11.8 Å². The van der Waals surface area contributed by atoms with Gasteiger partial charge in [0.1, 0.15) is 11.6 Å². The molecule has 0 fully saturated rings. The number of esters is 1. The highest BCUT2D eigenvalue weighted by Crippen LogP contribution is 2.15.